The number of amides is 12. The van der Waals surface area contributed by atoms with Crippen LogP contribution in [0, 0.1) is 11.8 Å². The molecule has 0 spiro atoms. The van der Waals surface area contributed by atoms with Crippen LogP contribution in [0.2, 0.25) is 10.0 Å². The fourth-order valence-corrected chi connectivity index (χ4v) is 16.5. The molecule has 10 rings (SSSR count). The Kier molecular flexibility index (Phi) is 30.0. The Hall–Kier alpha value is -10.6. The van der Waals surface area contributed by atoms with Crippen molar-refractivity contribution in [2.75, 3.05) is 92.6 Å². The first-order chi connectivity index (χ1) is 57.9. The van der Waals surface area contributed by atoms with E-state index in [1.165, 1.54) is 80.3 Å². The number of fused-ring (bicyclic) bond motifs is 10. The number of hydrazine groups is 1. The quantitative estimate of drug-likeness (QED) is 0.0285. The number of anilines is 2. The molecule has 4 N–H and O–H groups in total. The number of alkyl carbamates (subject to hydrolysis) is 2. The fourth-order valence-electron chi connectivity index (χ4n) is 15.8. The van der Waals surface area contributed by atoms with Crippen LogP contribution in [0.3, 0.4) is 0 Å². The largest absolute Gasteiger partial charge is 0.495 e. The number of ether oxygens (including phenoxy) is 9. The summed E-state index contributed by atoms with van der Waals surface area (Å²) >= 11 is 13.8. The number of hydrogen-bond donors (Lipinski definition) is 4. The average Bonchev–Trinajstić information content (AvgIpc) is 1.57. The summed E-state index contributed by atoms with van der Waals surface area (Å²) in [6.45, 7) is 10.1. The second-order valence-corrected chi connectivity index (χ2v) is 33.0. The van der Waals surface area contributed by atoms with Gasteiger partial charge in [-0.05, 0) is 89.8 Å². The van der Waals surface area contributed by atoms with Gasteiger partial charge in [-0.15, -0.1) is 0 Å². The number of halogens is 2. The van der Waals surface area contributed by atoms with Gasteiger partial charge in [0.25, 0.3) is 23.6 Å². The molecule has 4 fully saturated rings. The lowest BCUT2D eigenvalue weighted by Crippen LogP contribution is -2.63. The zero-order valence-corrected chi connectivity index (χ0v) is 72.9. The summed E-state index contributed by atoms with van der Waals surface area (Å²) in [6, 6.07) is 3.70. The number of benzene rings is 2. The number of imide groups is 2. The Balaban J connectivity index is 0.888. The molecule has 2 unspecified atom stereocenters. The number of likely N-dealkylation sites (N-methyl/N-ethyl adjacent to an activating group) is 2. The minimum atomic E-state index is -2.01. The molecule has 0 radical (unpaired) electrons. The van der Waals surface area contributed by atoms with Crippen molar-refractivity contribution in [3.05, 3.63) is 117 Å². The highest BCUT2D eigenvalue weighted by molar-refractivity contribution is 6.36. The van der Waals surface area contributed by atoms with Gasteiger partial charge in [0.05, 0.1) is 63.7 Å². The van der Waals surface area contributed by atoms with E-state index in [9.17, 15) is 77.3 Å². The predicted octanol–water partition coefficient (Wildman–Crippen LogP) is 4.96. The van der Waals surface area contributed by atoms with Gasteiger partial charge >= 0.3 is 24.1 Å². The molecule has 39 heteroatoms. The summed E-state index contributed by atoms with van der Waals surface area (Å²) in [6.07, 6.45) is -0.951. The smallest absolute Gasteiger partial charge is 0.409 e. The van der Waals surface area contributed by atoms with Crippen LogP contribution in [0.15, 0.2) is 96.2 Å². The summed E-state index contributed by atoms with van der Waals surface area (Å²) in [5.41, 5.74) is -3.65. The highest BCUT2D eigenvalue weighted by atomic mass is 35.5. The van der Waals surface area contributed by atoms with E-state index in [1.54, 1.807) is 88.4 Å². The van der Waals surface area contributed by atoms with Crippen LogP contribution < -0.4 is 29.9 Å². The number of carbonyl (C=O) groups excluding carboxylic acids is 14. The first-order valence-corrected chi connectivity index (χ1v) is 40.7. The van der Waals surface area contributed by atoms with E-state index < -0.39 is 243 Å². The second-order valence-electron chi connectivity index (χ2n) is 32.2. The van der Waals surface area contributed by atoms with E-state index in [4.69, 9.17) is 75.6 Å². The van der Waals surface area contributed by atoms with Gasteiger partial charge in [0.1, 0.15) is 81.5 Å². The Morgan fingerprint density at radius 3 is 1.32 bits per heavy atom. The average molecular weight is 1760 g/mol. The molecule has 16 atom stereocenters. The van der Waals surface area contributed by atoms with Crippen LogP contribution in [-0.4, -0.2) is 289 Å². The van der Waals surface area contributed by atoms with Crippen molar-refractivity contribution >= 4 is 118 Å². The number of aliphatic hydroxyl groups is 2. The number of rotatable bonds is 23. The molecule has 8 aliphatic heterocycles. The topological polar surface area (TPSA) is 438 Å². The van der Waals surface area contributed by atoms with Gasteiger partial charge in [0.15, 0.2) is 11.4 Å². The summed E-state index contributed by atoms with van der Waals surface area (Å²) in [5, 5.41) is 30.8. The Bertz CT molecular complexity index is 4670. The molecule has 8 aliphatic rings. The maximum Gasteiger partial charge on any atom is 0.409 e. The Labute approximate surface area is 720 Å². The minimum Gasteiger partial charge on any atom is -0.495 e. The highest BCUT2D eigenvalue weighted by Gasteiger charge is 2.66. The Morgan fingerprint density at radius 1 is 0.561 bits per heavy atom. The van der Waals surface area contributed by atoms with Gasteiger partial charge in [-0.25, -0.2) is 19.2 Å². The van der Waals surface area contributed by atoms with Crippen LogP contribution in [-0.2, 0) is 113 Å². The molecule has 8 heterocycles. The van der Waals surface area contributed by atoms with Gasteiger partial charge in [-0.3, -0.25) is 83.3 Å². The molecule has 37 nitrogen and oxygen atoms in total. The number of allylic oxidation sites excluding steroid dienone is 6. The molecular weight excluding hydrogens is 1650 g/mol. The van der Waals surface area contributed by atoms with E-state index in [1.807, 2.05) is 13.8 Å². The molecule has 2 aromatic rings. The van der Waals surface area contributed by atoms with E-state index >= 15 is 0 Å². The summed E-state index contributed by atoms with van der Waals surface area (Å²) in [5.74, 6) is -11.6. The van der Waals surface area contributed by atoms with Crippen molar-refractivity contribution in [1.82, 2.24) is 40.3 Å². The van der Waals surface area contributed by atoms with Crippen molar-refractivity contribution in [2.45, 2.75) is 203 Å². The molecule has 12 amide bonds. The van der Waals surface area contributed by atoms with E-state index in [0.717, 1.165) is 65.1 Å². The number of hydrogen-bond acceptors (Lipinski definition) is 27. The third-order valence-electron chi connectivity index (χ3n) is 23.9. The normalized spacial score (nSPS) is 29.7. The zero-order chi connectivity index (χ0) is 90.4. The number of carbonyl (C=O) groups is 14. The standard InChI is InChI=1S/C84H106Cl2N10O27/c1-45-19-17-21-59(115-15)83(111)43-57(117-79(109)87-83)47(3)75-81(7,120-75)61(41-71(105)91(11)53-37-51(35-45)39-55(113-13)73(53)85)119-77(107)49(5)89(9)63(97)29-33-95(69(103)27-31-93-65(99)23-24-66(93)100)96(70(104)28-32-94-67(101)25-26-68(94)102)34-30-64(98)90(10)50(6)78(108)123-122-62-42-72(106)92(12)54-38-52(40-56(114-14)74(54)86)36-46(2)20-18-22-60(116-16)84(112)44-58(118-80(110)88-84)48(4)76-82(62,8)121-76/h17-26,37-40,47-50,57-62,75-76,111-112H,27-36,41-44H2,1-16H3,(H,87,109)(H,88,110)/b21-17+,22-18+,45-19+,46-20+/t47-,48-,49+,50+,57?,58?,59-,60-,61+,62+,75-,76-,81+,82+,83+,84+/m1/s1. The van der Waals surface area contributed by atoms with Gasteiger partial charge in [-0.2, -0.15) is 4.89 Å². The second kappa shape index (κ2) is 39.1. The van der Waals surface area contributed by atoms with Crippen molar-refractivity contribution in [3.63, 3.8) is 0 Å². The molecule has 2 aromatic carbocycles. The molecule has 0 aromatic heterocycles. The zero-order valence-electron chi connectivity index (χ0n) is 71.3. The van der Waals surface area contributed by atoms with Crippen molar-refractivity contribution in [1.29, 1.82) is 0 Å². The number of esters is 1. The van der Waals surface area contributed by atoms with Crippen LogP contribution in [0.25, 0.3) is 0 Å². The van der Waals surface area contributed by atoms with Crippen molar-refractivity contribution in [2.24, 2.45) is 11.8 Å². The molecule has 668 valence electrons. The third kappa shape index (κ3) is 21.2. The predicted molar refractivity (Wildman–Crippen MR) is 437 cm³/mol. The number of methoxy groups -OCH3 is 4. The molecule has 0 aliphatic carbocycles. The molecule has 123 heavy (non-hydrogen) atoms. The molecule has 8 bridgehead atoms. The van der Waals surface area contributed by atoms with Gasteiger partial charge in [-0.1, -0.05) is 84.7 Å². The van der Waals surface area contributed by atoms with E-state index in [2.05, 4.69) is 10.6 Å². The van der Waals surface area contributed by atoms with Gasteiger partial charge in [0, 0.05) is 130 Å². The monoisotopic (exact) mass is 1760 g/mol. The van der Waals surface area contributed by atoms with E-state index in [0.29, 0.717) is 24.0 Å². The minimum absolute atomic E-state index is 0.0745. The molecular formula is C84H106Cl2N10O27. The fraction of sp³-hybridized carbons (Fsp3) is 0.548. The highest BCUT2D eigenvalue weighted by Crippen LogP contribution is 2.52. The van der Waals surface area contributed by atoms with Gasteiger partial charge < -0.3 is 72.4 Å². The molecule has 4 saturated heterocycles. The summed E-state index contributed by atoms with van der Waals surface area (Å²) in [4.78, 5) is 213. The molecule has 0 saturated carbocycles. The SMILES string of the molecule is COc1cc2cc(c1Cl)N(C)C(=O)C[C@H](OOC(=O)[C@H](C)N(C)C(=O)CCN(C(=O)CCN1C(=O)C=CC1=O)N(CCC(=O)N(C)[C@@H](C)C(=O)O[C@H]1CC(=O)N(C)c3cc(cc(OC)c3Cl)C/C(C)=C/C=C/[C@@H](OC)[C@@]3(O)CC(OC(=O)N3)[C@@H](C)[C@H]3O[C@@]13C)C(=O)CCN1C(=O)C=CC1=O)[C@]1(C)O[C@@H]1[C@H](C)C1C[C@@](O)(NC(=O)O1)[C@H](OC)/C=C/C=C(\C)C2. The maximum absolute atomic E-state index is 14.9. The summed E-state index contributed by atoms with van der Waals surface area (Å²) < 4.78 is 53.2. The van der Waals surface area contributed by atoms with Crippen LogP contribution in [0.1, 0.15) is 118 Å². The lowest BCUT2D eigenvalue weighted by atomic mass is 9.83. The van der Waals surface area contributed by atoms with E-state index in [-0.39, 0.29) is 45.8 Å². The summed E-state index contributed by atoms with van der Waals surface area (Å²) in [7, 11) is 10.9. The first kappa shape index (κ1) is 94.6. The first-order valence-electron chi connectivity index (χ1n) is 40.0. The number of epoxide rings is 2. The van der Waals surface area contributed by atoms with Crippen molar-refractivity contribution in [3.8, 4) is 11.5 Å². The maximum atomic E-state index is 14.9. The van der Waals surface area contributed by atoms with Crippen LogP contribution >= 0.6 is 23.2 Å². The van der Waals surface area contributed by atoms with Crippen molar-refractivity contribution < 1.29 is 130 Å². The van der Waals surface area contributed by atoms with Gasteiger partial charge in [0.2, 0.25) is 35.4 Å². The number of nitrogens with zero attached hydrogens (tertiary/aromatic N) is 8. The lowest BCUT2D eigenvalue weighted by Gasteiger charge is -2.42. The lowest BCUT2D eigenvalue weighted by molar-refractivity contribution is -0.309. The van der Waals surface area contributed by atoms with Crippen LogP contribution in [0.5, 0.6) is 11.5 Å². The Morgan fingerprint density at radius 2 is 0.935 bits per heavy atom. The number of nitrogens with one attached hydrogen (secondary N) is 2. The van der Waals surface area contributed by atoms with Crippen LogP contribution in [0.4, 0.5) is 21.0 Å². The third-order valence-corrected chi connectivity index (χ3v) is 24.6.